The van der Waals surface area contributed by atoms with Crippen LogP contribution >= 0.6 is 0 Å². The van der Waals surface area contributed by atoms with Crippen LogP contribution in [0.1, 0.15) is 23.2 Å². The zero-order valence-corrected chi connectivity index (χ0v) is 13.9. The molecule has 1 atom stereocenters. The molecule has 2 heterocycles. The number of nitrogens with two attached hydrogens (primary N) is 1. The van der Waals surface area contributed by atoms with Crippen molar-refractivity contribution in [3.05, 3.63) is 53.5 Å². The van der Waals surface area contributed by atoms with Gasteiger partial charge in [-0.2, -0.15) is 0 Å². The van der Waals surface area contributed by atoms with Crippen molar-refractivity contribution in [2.45, 2.75) is 25.9 Å². The Morgan fingerprint density at radius 2 is 2.21 bits per heavy atom. The molecular weight excluding hydrogens is 307 g/mol. The van der Waals surface area contributed by atoms with Crippen molar-refractivity contribution in [3.63, 3.8) is 0 Å². The van der Waals surface area contributed by atoms with Crippen LogP contribution in [0.5, 0.6) is 5.88 Å². The van der Waals surface area contributed by atoms with E-state index in [0.29, 0.717) is 29.4 Å². The summed E-state index contributed by atoms with van der Waals surface area (Å²) in [5.41, 5.74) is 9.70. The molecule has 0 unspecified atom stereocenters. The van der Waals surface area contributed by atoms with Crippen LogP contribution in [-0.2, 0) is 11.2 Å². The third-order valence-electron chi connectivity index (χ3n) is 4.18. The molecule has 0 radical (unpaired) electrons. The van der Waals surface area contributed by atoms with Crippen molar-refractivity contribution in [1.82, 2.24) is 4.98 Å². The number of ether oxygens (including phenoxy) is 2. The second-order valence-electron chi connectivity index (χ2n) is 6.08. The van der Waals surface area contributed by atoms with Crippen molar-refractivity contribution in [2.75, 3.05) is 13.7 Å². The van der Waals surface area contributed by atoms with Crippen LogP contribution in [0.25, 0.3) is 16.8 Å². The molecule has 0 saturated heterocycles. The number of hydrogen-bond acceptors (Lipinski definition) is 4. The summed E-state index contributed by atoms with van der Waals surface area (Å²) in [6, 6.07) is 6.98. The van der Waals surface area contributed by atoms with E-state index in [1.165, 1.54) is 6.07 Å². The van der Waals surface area contributed by atoms with E-state index in [9.17, 15) is 4.39 Å². The normalized spacial score (nSPS) is 16.4. The number of benzene rings is 1. The molecule has 0 bridgehead atoms. The molecule has 0 spiro atoms. The number of aromatic nitrogens is 1. The van der Waals surface area contributed by atoms with Crippen LogP contribution in [0.2, 0.25) is 0 Å². The van der Waals surface area contributed by atoms with E-state index in [0.717, 1.165) is 29.5 Å². The smallest absolute Gasteiger partial charge is 0.218 e. The molecule has 1 aliphatic heterocycles. The fourth-order valence-corrected chi connectivity index (χ4v) is 2.96. The third kappa shape index (κ3) is 3.12. The number of aryl methyl sites for hydroxylation is 1. The van der Waals surface area contributed by atoms with Crippen LogP contribution in [-0.4, -0.2) is 24.8 Å². The lowest BCUT2D eigenvalue weighted by Gasteiger charge is -2.27. The Bertz CT molecular complexity index is 789. The molecule has 0 amide bonds. The van der Waals surface area contributed by atoms with Gasteiger partial charge in [-0.3, -0.25) is 0 Å². The molecule has 3 rings (SSSR count). The molecule has 5 heteroatoms. The minimum absolute atomic E-state index is 0.0630. The molecule has 0 aliphatic carbocycles. The van der Waals surface area contributed by atoms with Gasteiger partial charge >= 0.3 is 0 Å². The van der Waals surface area contributed by atoms with Gasteiger partial charge in [-0.1, -0.05) is 18.7 Å². The number of rotatable bonds is 4. The molecule has 0 saturated carbocycles. The van der Waals surface area contributed by atoms with Gasteiger partial charge in [0.2, 0.25) is 5.88 Å². The van der Waals surface area contributed by atoms with Crippen molar-refractivity contribution in [3.8, 4) is 17.0 Å². The quantitative estimate of drug-likeness (QED) is 0.934. The summed E-state index contributed by atoms with van der Waals surface area (Å²) in [5, 5.41) is 0. The fourth-order valence-electron chi connectivity index (χ4n) is 2.96. The fraction of sp³-hybridized carbons (Fsp3) is 0.316. The first-order valence-electron chi connectivity index (χ1n) is 7.90. The number of nitrogens with zero attached hydrogens (tertiary/aromatic N) is 1. The summed E-state index contributed by atoms with van der Waals surface area (Å²) >= 11 is 0. The van der Waals surface area contributed by atoms with E-state index < -0.39 is 0 Å². The minimum atomic E-state index is -0.268. The minimum Gasteiger partial charge on any atom is -0.472 e. The Hall–Kier alpha value is -2.40. The number of fused-ring (bicyclic) bond motifs is 1. The van der Waals surface area contributed by atoms with E-state index in [1.54, 1.807) is 19.2 Å². The monoisotopic (exact) mass is 328 g/mol. The molecule has 2 N–H and O–H groups in total. The van der Waals surface area contributed by atoms with E-state index >= 15 is 0 Å². The van der Waals surface area contributed by atoms with Crippen LogP contribution in [0.15, 0.2) is 30.8 Å². The second-order valence-corrected chi connectivity index (χ2v) is 6.08. The summed E-state index contributed by atoms with van der Waals surface area (Å²) in [6.45, 7) is 6.09. The number of methoxy groups -OCH3 is 1. The first kappa shape index (κ1) is 16.5. The maximum absolute atomic E-state index is 14.5. The largest absolute Gasteiger partial charge is 0.472 e. The molecule has 24 heavy (non-hydrogen) atoms. The Kier molecular flexibility index (Phi) is 4.53. The highest BCUT2D eigenvalue weighted by Crippen LogP contribution is 2.37. The van der Waals surface area contributed by atoms with Crippen LogP contribution in [0.4, 0.5) is 4.39 Å². The summed E-state index contributed by atoms with van der Waals surface area (Å²) < 4.78 is 25.6. The average molecular weight is 328 g/mol. The summed E-state index contributed by atoms with van der Waals surface area (Å²) in [7, 11) is 1.64. The van der Waals surface area contributed by atoms with Gasteiger partial charge in [-0.25, -0.2) is 9.37 Å². The maximum atomic E-state index is 14.5. The Morgan fingerprint density at radius 1 is 1.42 bits per heavy atom. The van der Waals surface area contributed by atoms with Crippen molar-refractivity contribution in [1.29, 1.82) is 0 Å². The van der Waals surface area contributed by atoms with Crippen LogP contribution in [0, 0.1) is 12.7 Å². The van der Waals surface area contributed by atoms with Gasteiger partial charge in [0, 0.05) is 18.2 Å². The molecule has 1 aromatic heterocycles. The van der Waals surface area contributed by atoms with E-state index in [4.69, 9.17) is 15.2 Å². The van der Waals surface area contributed by atoms with Crippen molar-refractivity contribution < 1.29 is 13.9 Å². The van der Waals surface area contributed by atoms with Crippen LogP contribution in [0.3, 0.4) is 0 Å². The lowest BCUT2D eigenvalue weighted by molar-refractivity contribution is 0.0642. The summed E-state index contributed by atoms with van der Waals surface area (Å²) in [5.74, 6) is 0.221. The van der Waals surface area contributed by atoms with Crippen molar-refractivity contribution in [2.24, 2.45) is 5.73 Å². The van der Waals surface area contributed by atoms with E-state index in [1.807, 2.05) is 13.0 Å². The van der Waals surface area contributed by atoms with Gasteiger partial charge in [0.1, 0.15) is 11.9 Å². The number of hydrogen-bond donors (Lipinski definition) is 1. The first-order chi connectivity index (χ1) is 11.5. The third-order valence-corrected chi connectivity index (χ3v) is 4.18. The Morgan fingerprint density at radius 3 is 2.88 bits per heavy atom. The lowest BCUT2D eigenvalue weighted by Crippen LogP contribution is -2.28. The summed E-state index contributed by atoms with van der Waals surface area (Å²) in [6.07, 6.45) is 1.48. The molecular formula is C19H21FN2O2. The van der Waals surface area contributed by atoms with Gasteiger partial charge in [0.05, 0.1) is 18.0 Å². The predicted octanol–water partition coefficient (Wildman–Crippen LogP) is 3.47. The molecule has 1 aromatic carbocycles. The van der Waals surface area contributed by atoms with Gasteiger partial charge in [-0.15, -0.1) is 0 Å². The predicted molar refractivity (Wildman–Crippen MR) is 92.2 cm³/mol. The molecule has 1 aliphatic rings. The standard InChI is InChI=1S/C19H21FN2O2/c1-11-4-6-14(17(20)8-11)16-9-18(12(2)21)22-19-15(16)7-5-13(24-19)10-23-3/h4,6,8-9,13H,2,5,7,10,21H2,1,3H3/t13-/m1/s1. The number of pyridine rings is 1. The molecule has 2 aromatic rings. The zero-order chi connectivity index (χ0) is 17.3. The summed E-state index contributed by atoms with van der Waals surface area (Å²) in [4.78, 5) is 4.45. The molecule has 4 nitrogen and oxygen atoms in total. The second kappa shape index (κ2) is 6.61. The Balaban J connectivity index is 2.13. The Labute approximate surface area is 141 Å². The van der Waals surface area contributed by atoms with Gasteiger partial charge < -0.3 is 15.2 Å². The van der Waals surface area contributed by atoms with Crippen molar-refractivity contribution >= 4 is 5.70 Å². The number of halogens is 1. The average Bonchev–Trinajstić information content (AvgIpc) is 2.54. The van der Waals surface area contributed by atoms with E-state index in [2.05, 4.69) is 11.6 Å². The first-order valence-corrected chi connectivity index (χ1v) is 7.90. The molecule has 126 valence electrons. The van der Waals surface area contributed by atoms with Crippen LogP contribution < -0.4 is 10.5 Å². The highest BCUT2D eigenvalue weighted by molar-refractivity contribution is 5.74. The highest BCUT2D eigenvalue weighted by Gasteiger charge is 2.26. The van der Waals surface area contributed by atoms with Gasteiger partial charge in [0.25, 0.3) is 0 Å². The SMILES string of the molecule is C=C(N)c1cc(-c2ccc(C)cc2F)c2c(n1)O[C@@H](COC)CC2. The maximum Gasteiger partial charge on any atom is 0.218 e. The topological polar surface area (TPSA) is 57.4 Å². The lowest BCUT2D eigenvalue weighted by atomic mass is 9.93. The zero-order valence-electron chi connectivity index (χ0n) is 13.9. The van der Waals surface area contributed by atoms with Gasteiger partial charge in [0.15, 0.2) is 0 Å². The van der Waals surface area contributed by atoms with Gasteiger partial charge in [-0.05, 0) is 43.0 Å². The van der Waals surface area contributed by atoms with E-state index in [-0.39, 0.29) is 11.9 Å². The molecule has 0 fully saturated rings. The highest BCUT2D eigenvalue weighted by atomic mass is 19.1.